The lowest BCUT2D eigenvalue weighted by molar-refractivity contribution is -0.137. The van der Waals surface area contributed by atoms with E-state index in [1.807, 2.05) is 0 Å². The third kappa shape index (κ3) is 3.45. The molecule has 0 saturated heterocycles. The summed E-state index contributed by atoms with van der Waals surface area (Å²) in [6.07, 6.45) is 0. The largest absolute Gasteiger partial charge is 0.507 e. The van der Waals surface area contributed by atoms with Crippen LogP contribution in [0.3, 0.4) is 0 Å². The first-order chi connectivity index (χ1) is 7.95. The fraction of sp³-hybridized carbons (Fsp3) is 0.273. The van der Waals surface area contributed by atoms with E-state index in [4.69, 9.17) is 5.11 Å². The Morgan fingerprint density at radius 1 is 1.41 bits per heavy atom. The fourth-order valence-electron chi connectivity index (χ4n) is 1.35. The first-order valence-corrected chi connectivity index (χ1v) is 5.74. The molecule has 0 heterocycles. The van der Waals surface area contributed by atoms with Crippen LogP contribution in [0.5, 0.6) is 5.75 Å². The van der Waals surface area contributed by atoms with E-state index >= 15 is 0 Å². The van der Waals surface area contributed by atoms with Crippen LogP contribution in [-0.2, 0) is 4.79 Å². The van der Waals surface area contributed by atoms with E-state index in [1.54, 1.807) is 13.0 Å². The molecule has 0 fully saturated rings. The molecule has 0 spiro atoms. The lowest BCUT2D eigenvalue weighted by Gasteiger charge is -2.19. The van der Waals surface area contributed by atoms with E-state index < -0.39 is 11.9 Å². The lowest BCUT2D eigenvalue weighted by atomic mass is 10.1. The number of aliphatic carboxylic acids is 1. The number of hydrogen-bond acceptors (Lipinski definition) is 3. The minimum Gasteiger partial charge on any atom is -0.507 e. The van der Waals surface area contributed by atoms with Gasteiger partial charge in [-0.3, -0.25) is 9.59 Å². The number of carboxylic acids is 1. The molecule has 0 saturated carbocycles. The number of amides is 1. The van der Waals surface area contributed by atoms with Crippen molar-refractivity contribution in [3.63, 3.8) is 0 Å². The lowest BCUT2D eigenvalue weighted by Crippen LogP contribution is -2.35. The topological polar surface area (TPSA) is 77.8 Å². The van der Waals surface area contributed by atoms with Crippen LogP contribution in [0.25, 0.3) is 0 Å². The molecule has 6 heteroatoms. The molecule has 5 nitrogen and oxygen atoms in total. The zero-order valence-electron chi connectivity index (χ0n) is 9.18. The molecular weight excluding hydrogens is 290 g/mol. The van der Waals surface area contributed by atoms with Gasteiger partial charge in [-0.2, -0.15) is 0 Å². The van der Waals surface area contributed by atoms with Crippen molar-refractivity contribution in [1.82, 2.24) is 4.90 Å². The highest BCUT2D eigenvalue weighted by Gasteiger charge is 2.19. The summed E-state index contributed by atoms with van der Waals surface area (Å²) in [5, 5.41) is 18.3. The van der Waals surface area contributed by atoms with Crippen LogP contribution in [0, 0.1) is 0 Å². The number of benzene rings is 1. The molecule has 0 unspecified atom stereocenters. The Bertz CT molecular complexity index is 447. The van der Waals surface area contributed by atoms with Crippen molar-refractivity contribution in [2.45, 2.75) is 6.92 Å². The maximum atomic E-state index is 11.9. The second-order valence-electron chi connectivity index (χ2n) is 3.37. The predicted molar refractivity (Wildman–Crippen MR) is 65.0 cm³/mol. The molecule has 92 valence electrons. The third-order valence-corrected chi connectivity index (χ3v) is 2.68. The van der Waals surface area contributed by atoms with E-state index in [0.717, 1.165) is 4.90 Å². The molecule has 0 aliphatic rings. The van der Waals surface area contributed by atoms with Crippen LogP contribution in [-0.4, -0.2) is 40.1 Å². The number of likely N-dealkylation sites (N-methyl/N-ethyl adjacent to an activating group) is 1. The van der Waals surface area contributed by atoms with E-state index in [2.05, 4.69) is 15.9 Å². The summed E-state index contributed by atoms with van der Waals surface area (Å²) in [5.74, 6) is -1.76. The van der Waals surface area contributed by atoms with E-state index in [1.165, 1.54) is 12.1 Å². The molecular formula is C11H12BrNO4. The van der Waals surface area contributed by atoms with Crippen molar-refractivity contribution in [3.05, 3.63) is 28.2 Å². The Kier molecular flexibility index (Phi) is 4.51. The van der Waals surface area contributed by atoms with Crippen molar-refractivity contribution in [2.75, 3.05) is 13.1 Å². The number of hydrogen-bond donors (Lipinski definition) is 2. The summed E-state index contributed by atoms with van der Waals surface area (Å²) >= 11 is 3.16. The van der Waals surface area contributed by atoms with Crippen molar-refractivity contribution in [2.24, 2.45) is 0 Å². The summed E-state index contributed by atoms with van der Waals surface area (Å²) in [6.45, 7) is 1.56. The average Bonchev–Trinajstić information content (AvgIpc) is 2.24. The SMILES string of the molecule is CCN(CC(=O)O)C(=O)c1ccc(Br)cc1O. The summed E-state index contributed by atoms with van der Waals surface area (Å²) in [6, 6.07) is 4.45. The number of halogens is 1. The summed E-state index contributed by atoms with van der Waals surface area (Å²) in [4.78, 5) is 23.7. The van der Waals surface area contributed by atoms with Gasteiger partial charge in [0.25, 0.3) is 5.91 Å². The summed E-state index contributed by atoms with van der Waals surface area (Å²) in [7, 11) is 0. The molecule has 17 heavy (non-hydrogen) atoms. The second kappa shape index (κ2) is 5.67. The molecule has 2 N–H and O–H groups in total. The molecule has 0 bridgehead atoms. The third-order valence-electron chi connectivity index (χ3n) is 2.19. The van der Waals surface area contributed by atoms with Crippen molar-refractivity contribution >= 4 is 27.8 Å². The maximum absolute atomic E-state index is 11.9. The van der Waals surface area contributed by atoms with Gasteiger partial charge >= 0.3 is 5.97 Å². The highest BCUT2D eigenvalue weighted by atomic mass is 79.9. The van der Waals surface area contributed by atoms with Gasteiger partial charge in [0.1, 0.15) is 12.3 Å². The van der Waals surface area contributed by atoms with Crippen LogP contribution in [0.15, 0.2) is 22.7 Å². The van der Waals surface area contributed by atoms with E-state index in [9.17, 15) is 14.7 Å². The van der Waals surface area contributed by atoms with Crippen molar-refractivity contribution in [3.8, 4) is 5.75 Å². The number of carboxylic acid groups (broad SMARTS) is 1. The smallest absolute Gasteiger partial charge is 0.323 e. The number of aromatic hydroxyl groups is 1. The van der Waals surface area contributed by atoms with Crippen LogP contribution in [0.2, 0.25) is 0 Å². The number of phenolic OH excluding ortho intramolecular Hbond substituents is 1. The Hall–Kier alpha value is -1.56. The van der Waals surface area contributed by atoms with E-state index in [0.29, 0.717) is 4.47 Å². The Labute approximate surface area is 107 Å². The minimum atomic E-state index is -1.09. The highest BCUT2D eigenvalue weighted by molar-refractivity contribution is 9.10. The van der Waals surface area contributed by atoms with Gasteiger partial charge in [0.05, 0.1) is 5.56 Å². The number of carbonyl (C=O) groups excluding carboxylic acids is 1. The number of phenols is 1. The molecule has 1 amide bonds. The molecule has 0 aliphatic carbocycles. The van der Waals surface area contributed by atoms with Crippen LogP contribution in [0.4, 0.5) is 0 Å². The molecule has 1 aromatic carbocycles. The first-order valence-electron chi connectivity index (χ1n) is 4.95. The molecule has 0 atom stereocenters. The van der Waals surface area contributed by atoms with Gasteiger partial charge in [-0.05, 0) is 25.1 Å². The monoisotopic (exact) mass is 301 g/mol. The Balaban J connectivity index is 2.97. The van der Waals surface area contributed by atoms with Crippen LogP contribution in [0.1, 0.15) is 17.3 Å². The van der Waals surface area contributed by atoms with Crippen molar-refractivity contribution < 1.29 is 19.8 Å². The molecule has 0 radical (unpaired) electrons. The highest BCUT2D eigenvalue weighted by Crippen LogP contribution is 2.23. The normalized spacial score (nSPS) is 10.0. The van der Waals surface area contributed by atoms with Crippen LogP contribution < -0.4 is 0 Å². The number of rotatable bonds is 4. The standard InChI is InChI=1S/C11H12BrNO4/c1-2-13(6-10(15)16)11(17)8-4-3-7(12)5-9(8)14/h3-5,14H,2,6H2,1H3,(H,15,16). The Morgan fingerprint density at radius 3 is 2.53 bits per heavy atom. The molecule has 1 rings (SSSR count). The van der Waals surface area contributed by atoms with E-state index in [-0.39, 0.29) is 24.4 Å². The Morgan fingerprint density at radius 2 is 2.06 bits per heavy atom. The van der Waals surface area contributed by atoms with Gasteiger partial charge in [-0.25, -0.2) is 0 Å². The summed E-state index contributed by atoms with van der Waals surface area (Å²) < 4.78 is 0.646. The van der Waals surface area contributed by atoms with Crippen LogP contribution >= 0.6 is 15.9 Å². The van der Waals surface area contributed by atoms with Gasteiger partial charge in [0.15, 0.2) is 0 Å². The number of carbonyl (C=O) groups is 2. The molecule has 0 aromatic heterocycles. The van der Waals surface area contributed by atoms with Gasteiger partial charge < -0.3 is 15.1 Å². The summed E-state index contributed by atoms with van der Waals surface area (Å²) in [5.41, 5.74) is 0.0938. The minimum absolute atomic E-state index is 0.0938. The van der Waals surface area contributed by atoms with Gasteiger partial charge in [-0.15, -0.1) is 0 Å². The van der Waals surface area contributed by atoms with Gasteiger partial charge in [0.2, 0.25) is 0 Å². The molecule has 1 aromatic rings. The quantitative estimate of drug-likeness (QED) is 0.887. The second-order valence-corrected chi connectivity index (χ2v) is 4.29. The fourth-order valence-corrected chi connectivity index (χ4v) is 1.70. The zero-order chi connectivity index (χ0) is 13.0. The average molecular weight is 302 g/mol. The first kappa shape index (κ1) is 13.5. The number of nitrogens with zero attached hydrogens (tertiary/aromatic N) is 1. The predicted octanol–water partition coefficient (Wildman–Crippen LogP) is 1.70. The van der Waals surface area contributed by atoms with Gasteiger partial charge in [-0.1, -0.05) is 15.9 Å². The zero-order valence-corrected chi connectivity index (χ0v) is 10.8. The maximum Gasteiger partial charge on any atom is 0.323 e. The van der Waals surface area contributed by atoms with Crippen molar-refractivity contribution in [1.29, 1.82) is 0 Å². The molecule has 0 aliphatic heterocycles. The van der Waals surface area contributed by atoms with Gasteiger partial charge in [0, 0.05) is 11.0 Å².